The average molecular weight is 490 g/mol. The fourth-order valence-corrected chi connectivity index (χ4v) is 6.01. The van der Waals surface area contributed by atoms with Crippen molar-refractivity contribution >= 4 is 17.5 Å². The first-order valence-corrected chi connectivity index (χ1v) is 12.9. The number of piperidine rings is 1. The predicted molar refractivity (Wildman–Crippen MR) is 139 cm³/mol. The van der Waals surface area contributed by atoms with Crippen LogP contribution < -0.4 is 9.47 Å². The summed E-state index contributed by atoms with van der Waals surface area (Å²) in [5, 5.41) is 6.73. The van der Waals surface area contributed by atoms with Crippen LogP contribution in [0.5, 0.6) is 11.5 Å². The molecule has 0 N–H and O–H groups in total. The number of nitrogens with zero attached hydrogens (tertiary/aromatic N) is 3. The highest BCUT2D eigenvalue weighted by molar-refractivity contribution is 6.20. The lowest BCUT2D eigenvalue weighted by Gasteiger charge is -2.36. The molecule has 2 heterocycles. The molecule has 190 valence electrons. The van der Waals surface area contributed by atoms with Crippen molar-refractivity contribution in [3.05, 3.63) is 58.7 Å². The van der Waals surface area contributed by atoms with E-state index in [0.29, 0.717) is 24.6 Å². The van der Waals surface area contributed by atoms with E-state index in [0.717, 1.165) is 66.5 Å². The zero-order chi connectivity index (χ0) is 25.4. The molecule has 1 saturated carbocycles. The Balaban J connectivity index is 1.38. The number of hydrazone groups is 1. The van der Waals surface area contributed by atoms with Crippen molar-refractivity contribution in [1.82, 2.24) is 9.91 Å². The highest BCUT2D eigenvalue weighted by Gasteiger charge is 2.54. The van der Waals surface area contributed by atoms with Gasteiger partial charge in [0, 0.05) is 24.2 Å². The van der Waals surface area contributed by atoms with Gasteiger partial charge in [-0.1, -0.05) is 30.5 Å². The molecule has 1 saturated heterocycles. The molecular weight excluding hydrogens is 454 g/mol. The van der Waals surface area contributed by atoms with Gasteiger partial charge in [0.1, 0.15) is 0 Å². The molecule has 0 atom stereocenters. The minimum absolute atomic E-state index is 0.00437. The second-order valence-corrected chi connectivity index (χ2v) is 10.3. The molecule has 0 unspecified atom stereocenters. The quantitative estimate of drug-likeness (QED) is 0.609. The molecule has 3 aliphatic rings. The van der Waals surface area contributed by atoms with Gasteiger partial charge in [-0.3, -0.25) is 9.59 Å². The Morgan fingerprint density at radius 1 is 0.972 bits per heavy atom. The van der Waals surface area contributed by atoms with Crippen molar-refractivity contribution in [2.24, 2.45) is 10.5 Å². The van der Waals surface area contributed by atoms with Crippen LogP contribution in [0.15, 0.2) is 41.5 Å². The number of hydrogen-bond donors (Lipinski definition) is 0. The van der Waals surface area contributed by atoms with Gasteiger partial charge in [-0.25, -0.2) is 5.01 Å². The molecule has 2 aromatic carbocycles. The van der Waals surface area contributed by atoms with Gasteiger partial charge >= 0.3 is 0 Å². The lowest BCUT2D eigenvalue weighted by atomic mass is 9.77. The summed E-state index contributed by atoms with van der Waals surface area (Å²) in [5.41, 5.74) is 4.04. The van der Waals surface area contributed by atoms with Gasteiger partial charge in [0.25, 0.3) is 11.8 Å². The molecule has 1 spiro atoms. The van der Waals surface area contributed by atoms with E-state index < -0.39 is 5.41 Å². The first kappa shape index (κ1) is 24.3. The Bertz CT molecular complexity index is 1210. The standard InChI is InChI=1S/C29H35N3O4/c1-19-7-8-20(2)23(17-19)27(33)31-15-11-22(12-16-31)32-28(34)29(13-5-6-14-29)26(30-32)21-9-10-24(35-3)25(18-21)36-4/h7-10,17-18,22H,5-6,11-16H2,1-4H3. The summed E-state index contributed by atoms with van der Waals surface area (Å²) >= 11 is 0. The molecular formula is C29H35N3O4. The Morgan fingerprint density at radius 3 is 2.33 bits per heavy atom. The zero-order valence-corrected chi connectivity index (χ0v) is 21.7. The molecule has 7 nitrogen and oxygen atoms in total. The number of benzene rings is 2. The van der Waals surface area contributed by atoms with E-state index in [1.54, 1.807) is 19.2 Å². The van der Waals surface area contributed by atoms with Crippen molar-refractivity contribution in [3.63, 3.8) is 0 Å². The summed E-state index contributed by atoms with van der Waals surface area (Å²) in [7, 11) is 3.24. The van der Waals surface area contributed by atoms with Gasteiger partial charge < -0.3 is 14.4 Å². The summed E-state index contributed by atoms with van der Waals surface area (Å²) in [5.74, 6) is 1.48. The molecule has 2 amide bonds. The Kier molecular flexibility index (Phi) is 6.49. The van der Waals surface area contributed by atoms with E-state index in [9.17, 15) is 9.59 Å². The Morgan fingerprint density at radius 2 is 1.67 bits per heavy atom. The molecule has 2 aromatic rings. The molecule has 0 bridgehead atoms. The van der Waals surface area contributed by atoms with Crippen molar-refractivity contribution < 1.29 is 19.1 Å². The monoisotopic (exact) mass is 489 g/mol. The maximum Gasteiger partial charge on any atom is 0.255 e. The minimum atomic E-state index is -0.564. The fourth-order valence-electron chi connectivity index (χ4n) is 6.01. The van der Waals surface area contributed by atoms with E-state index in [-0.39, 0.29) is 17.9 Å². The maximum atomic E-state index is 13.9. The van der Waals surface area contributed by atoms with Gasteiger partial charge in [0.15, 0.2) is 11.5 Å². The first-order valence-electron chi connectivity index (χ1n) is 12.9. The van der Waals surface area contributed by atoms with Gasteiger partial charge in [0.05, 0.1) is 31.4 Å². The van der Waals surface area contributed by atoms with Crippen LogP contribution in [0.1, 0.15) is 65.6 Å². The third-order valence-corrected chi connectivity index (χ3v) is 8.11. The summed E-state index contributed by atoms with van der Waals surface area (Å²) < 4.78 is 10.9. The van der Waals surface area contributed by atoms with Crippen LogP contribution >= 0.6 is 0 Å². The number of carbonyl (C=O) groups excluding carboxylic acids is 2. The van der Waals surface area contributed by atoms with Crippen LogP contribution in [0.25, 0.3) is 0 Å². The van der Waals surface area contributed by atoms with E-state index in [1.807, 2.05) is 55.1 Å². The van der Waals surface area contributed by atoms with E-state index >= 15 is 0 Å². The highest BCUT2D eigenvalue weighted by Crippen LogP contribution is 2.48. The lowest BCUT2D eigenvalue weighted by Crippen LogP contribution is -2.48. The van der Waals surface area contributed by atoms with Crippen molar-refractivity contribution in [2.45, 2.75) is 58.4 Å². The molecule has 1 aliphatic carbocycles. The molecule has 5 rings (SSSR count). The van der Waals surface area contributed by atoms with Crippen molar-refractivity contribution in [3.8, 4) is 11.5 Å². The number of methoxy groups -OCH3 is 2. The number of ether oxygens (including phenoxy) is 2. The van der Waals surface area contributed by atoms with Gasteiger partial charge in [0.2, 0.25) is 0 Å². The zero-order valence-electron chi connectivity index (χ0n) is 21.7. The highest BCUT2D eigenvalue weighted by atomic mass is 16.5. The van der Waals surface area contributed by atoms with Crippen LogP contribution in [0.2, 0.25) is 0 Å². The van der Waals surface area contributed by atoms with Crippen molar-refractivity contribution in [2.75, 3.05) is 27.3 Å². The van der Waals surface area contributed by atoms with Crippen LogP contribution in [0.3, 0.4) is 0 Å². The SMILES string of the molecule is COc1ccc(C2=NN(C3CCN(C(=O)c4cc(C)ccc4C)CC3)C(=O)C23CCCC3)cc1OC. The average Bonchev–Trinajstić information content (AvgIpc) is 3.51. The van der Waals surface area contributed by atoms with E-state index in [2.05, 4.69) is 0 Å². The van der Waals surface area contributed by atoms with Crippen LogP contribution in [-0.2, 0) is 4.79 Å². The van der Waals surface area contributed by atoms with Crippen LogP contribution in [0.4, 0.5) is 0 Å². The third-order valence-electron chi connectivity index (χ3n) is 8.11. The van der Waals surface area contributed by atoms with Crippen LogP contribution in [0, 0.1) is 19.3 Å². The molecule has 0 radical (unpaired) electrons. The molecule has 7 heteroatoms. The van der Waals surface area contributed by atoms with Gasteiger partial charge in [-0.2, -0.15) is 5.10 Å². The number of amides is 2. The third kappa shape index (κ3) is 4.04. The molecule has 2 aliphatic heterocycles. The topological polar surface area (TPSA) is 71.4 Å². The number of likely N-dealkylation sites (tertiary alicyclic amines) is 1. The number of rotatable bonds is 5. The summed E-state index contributed by atoms with van der Waals surface area (Å²) in [6.45, 7) is 5.23. The van der Waals surface area contributed by atoms with Crippen molar-refractivity contribution in [1.29, 1.82) is 0 Å². The van der Waals surface area contributed by atoms with Crippen LogP contribution in [-0.4, -0.2) is 60.8 Å². The second kappa shape index (κ2) is 9.60. The number of carbonyl (C=O) groups is 2. The van der Waals surface area contributed by atoms with Gasteiger partial charge in [-0.15, -0.1) is 0 Å². The summed E-state index contributed by atoms with van der Waals surface area (Å²) in [4.78, 5) is 29.0. The minimum Gasteiger partial charge on any atom is -0.493 e. The van der Waals surface area contributed by atoms with E-state index in [4.69, 9.17) is 14.6 Å². The molecule has 0 aromatic heterocycles. The fraction of sp³-hybridized carbons (Fsp3) is 0.483. The first-order chi connectivity index (χ1) is 17.4. The molecule has 36 heavy (non-hydrogen) atoms. The maximum absolute atomic E-state index is 13.9. The summed E-state index contributed by atoms with van der Waals surface area (Å²) in [6.07, 6.45) is 5.13. The second-order valence-electron chi connectivity index (χ2n) is 10.3. The largest absolute Gasteiger partial charge is 0.493 e. The van der Waals surface area contributed by atoms with Gasteiger partial charge in [-0.05, 0) is 69.4 Å². The number of aryl methyl sites for hydroxylation is 2. The molecule has 2 fully saturated rings. The smallest absolute Gasteiger partial charge is 0.255 e. The Hall–Kier alpha value is -3.35. The number of hydrogen-bond acceptors (Lipinski definition) is 5. The van der Waals surface area contributed by atoms with E-state index in [1.165, 1.54) is 0 Å². The lowest BCUT2D eigenvalue weighted by molar-refractivity contribution is -0.139. The normalized spacial score (nSPS) is 19.7. The predicted octanol–water partition coefficient (Wildman–Crippen LogP) is 4.73. The Labute approximate surface area is 213 Å². The summed E-state index contributed by atoms with van der Waals surface area (Å²) in [6, 6.07) is 11.8.